The first-order valence-corrected chi connectivity index (χ1v) is 6.02. The molecule has 1 aliphatic rings. The van der Waals surface area contributed by atoms with E-state index in [-0.39, 0.29) is 0 Å². The molecule has 0 radical (unpaired) electrons. The van der Waals surface area contributed by atoms with E-state index in [2.05, 4.69) is 36.9 Å². The van der Waals surface area contributed by atoms with Crippen molar-refractivity contribution in [1.29, 1.82) is 0 Å². The van der Waals surface area contributed by atoms with Crippen molar-refractivity contribution in [2.24, 2.45) is 5.92 Å². The van der Waals surface area contributed by atoms with Gasteiger partial charge in [-0.05, 0) is 31.4 Å². The lowest BCUT2D eigenvalue weighted by Gasteiger charge is -2.23. The van der Waals surface area contributed by atoms with Gasteiger partial charge in [0.1, 0.15) is 0 Å². The van der Waals surface area contributed by atoms with Gasteiger partial charge in [0.15, 0.2) is 0 Å². The van der Waals surface area contributed by atoms with E-state index in [4.69, 9.17) is 4.74 Å². The van der Waals surface area contributed by atoms with E-state index in [9.17, 15) is 0 Å². The van der Waals surface area contributed by atoms with Crippen molar-refractivity contribution in [2.45, 2.75) is 20.3 Å². The van der Waals surface area contributed by atoms with Gasteiger partial charge in [-0.2, -0.15) is 0 Å². The van der Waals surface area contributed by atoms with Crippen molar-refractivity contribution in [2.75, 3.05) is 31.7 Å². The fraction of sp³-hybridized carbons (Fsp3) is 0.571. The number of hydrogen-bond acceptors (Lipinski definition) is 2. The fourth-order valence-electron chi connectivity index (χ4n) is 2.71. The highest BCUT2D eigenvalue weighted by molar-refractivity contribution is 5.59. The maximum absolute atomic E-state index is 5.24. The largest absolute Gasteiger partial charge is 0.384 e. The van der Waals surface area contributed by atoms with Gasteiger partial charge in [-0.1, -0.05) is 18.2 Å². The maximum atomic E-state index is 5.24. The summed E-state index contributed by atoms with van der Waals surface area (Å²) in [5.41, 5.74) is 4.21. The lowest BCUT2D eigenvalue weighted by Crippen LogP contribution is -2.22. The van der Waals surface area contributed by atoms with Crippen LogP contribution in [0.2, 0.25) is 0 Å². The summed E-state index contributed by atoms with van der Waals surface area (Å²) >= 11 is 0. The van der Waals surface area contributed by atoms with Crippen LogP contribution in [-0.2, 0) is 4.74 Å². The van der Waals surface area contributed by atoms with E-state index in [0.29, 0.717) is 5.92 Å². The lowest BCUT2D eigenvalue weighted by atomic mass is 10.1. The number of nitrogens with zero attached hydrogens (tertiary/aromatic N) is 1. The zero-order valence-corrected chi connectivity index (χ0v) is 10.5. The molecular formula is C14H21NO. The minimum Gasteiger partial charge on any atom is -0.384 e. The monoisotopic (exact) mass is 219 g/mol. The van der Waals surface area contributed by atoms with Crippen LogP contribution in [0, 0.1) is 19.8 Å². The number of hydrogen-bond donors (Lipinski definition) is 0. The van der Waals surface area contributed by atoms with Crippen LogP contribution >= 0.6 is 0 Å². The Kier molecular flexibility index (Phi) is 3.49. The Morgan fingerprint density at radius 2 is 2.00 bits per heavy atom. The van der Waals surface area contributed by atoms with Gasteiger partial charge in [0.25, 0.3) is 0 Å². The second-order valence-electron chi connectivity index (χ2n) is 4.80. The SMILES string of the molecule is COCC1CCN(c2c(C)cccc2C)C1. The first-order valence-electron chi connectivity index (χ1n) is 6.02. The van der Waals surface area contributed by atoms with E-state index in [1.54, 1.807) is 7.11 Å². The lowest BCUT2D eigenvalue weighted by molar-refractivity contribution is 0.161. The third-order valence-corrected chi connectivity index (χ3v) is 3.44. The zero-order chi connectivity index (χ0) is 11.5. The van der Waals surface area contributed by atoms with E-state index < -0.39 is 0 Å². The second kappa shape index (κ2) is 4.88. The Bertz CT molecular complexity index is 342. The summed E-state index contributed by atoms with van der Waals surface area (Å²) in [6, 6.07) is 6.54. The molecule has 0 spiro atoms. The third kappa shape index (κ3) is 2.22. The summed E-state index contributed by atoms with van der Waals surface area (Å²) in [6.07, 6.45) is 1.25. The van der Waals surface area contributed by atoms with Crippen molar-refractivity contribution < 1.29 is 4.74 Å². The number of rotatable bonds is 3. The highest BCUT2D eigenvalue weighted by atomic mass is 16.5. The molecule has 1 aromatic carbocycles. The molecule has 1 saturated heterocycles. The normalized spacial score (nSPS) is 20.4. The molecule has 1 aromatic rings. The fourth-order valence-corrected chi connectivity index (χ4v) is 2.71. The van der Waals surface area contributed by atoms with Gasteiger partial charge in [0, 0.05) is 31.8 Å². The molecule has 1 heterocycles. The Morgan fingerprint density at radius 1 is 1.31 bits per heavy atom. The van der Waals surface area contributed by atoms with E-state index >= 15 is 0 Å². The molecule has 2 rings (SSSR count). The zero-order valence-electron chi connectivity index (χ0n) is 10.5. The molecule has 0 amide bonds. The molecule has 2 heteroatoms. The number of anilines is 1. The van der Waals surface area contributed by atoms with E-state index in [1.165, 1.54) is 29.8 Å². The van der Waals surface area contributed by atoms with Crippen LogP contribution < -0.4 is 4.90 Å². The Labute approximate surface area is 98.2 Å². The molecule has 2 nitrogen and oxygen atoms in total. The number of aryl methyl sites for hydroxylation is 2. The summed E-state index contributed by atoms with van der Waals surface area (Å²) in [5, 5.41) is 0. The Balaban J connectivity index is 2.14. The van der Waals surface area contributed by atoms with Crippen LogP contribution in [0.5, 0.6) is 0 Å². The molecule has 1 unspecified atom stereocenters. The van der Waals surface area contributed by atoms with Crippen molar-refractivity contribution >= 4 is 5.69 Å². The highest BCUT2D eigenvalue weighted by Crippen LogP contribution is 2.29. The minimum absolute atomic E-state index is 0.698. The van der Waals surface area contributed by atoms with Gasteiger partial charge in [-0.25, -0.2) is 0 Å². The summed E-state index contributed by atoms with van der Waals surface area (Å²) in [7, 11) is 1.79. The average Bonchev–Trinajstić information content (AvgIpc) is 2.67. The first-order chi connectivity index (χ1) is 7.72. The van der Waals surface area contributed by atoms with Gasteiger partial charge in [-0.15, -0.1) is 0 Å². The Morgan fingerprint density at radius 3 is 2.62 bits per heavy atom. The number of benzene rings is 1. The summed E-state index contributed by atoms with van der Waals surface area (Å²) < 4.78 is 5.24. The highest BCUT2D eigenvalue weighted by Gasteiger charge is 2.24. The molecule has 0 saturated carbocycles. The standard InChI is InChI=1S/C14H21NO/c1-11-5-4-6-12(2)14(11)15-8-7-13(9-15)10-16-3/h4-6,13H,7-10H2,1-3H3. The van der Waals surface area contributed by atoms with Crippen molar-refractivity contribution in [3.05, 3.63) is 29.3 Å². The minimum atomic E-state index is 0.698. The Hall–Kier alpha value is -1.02. The smallest absolute Gasteiger partial charge is 0.0508 e. The second-order valence-corrected chi connectivity index (χ2v) is 4.80. The molecular weight excluding hydrogens is 198 g/mol. The molecule has 1 atom stereocenters. The molecule has 88 valence electrons. The number of ether oxygens (including phenoxy) is 1. The topological polar surface area (TPSA) is 12.5 Å². The van der Waals surface area contributed by atoms with Gasteiger partial charge in [0.05, 0.1) is 6.61 Å². The number of para-hydroxylation sites is 1. The quantitative estimate of drug-likeness (QED) is 0.775. The van der Waals surface area contributed by atoms with Crippen LogP contribution in [0.15, 0.2) is 18.2 Å². The molecule has 1 aliphatic heterocycles. The van der Waals surface area contributed by atoms with Gasteiger partial charge in [-0.3, -0.25) is 0 Å². The first kappa shape index (κ1) is 11.5. The van der Waals surface area contributed by atoms with Crippen molar-refractivity contribution in [1.82, 2.24) is 0 Å². The van der Waals surface area contributed by atoms with E-state index in [1.807, 2.05) is 0 Å². The average molecular weight is 219 g/mol. The number of methoxy groups -OCH3 is 1. The van der Waals surface area contributed by atoms with Gasteiger partial charge in [0.2, 0.25) is 0 Å². The van der Waals surface area contributed by atoms with Crippen molar-refractivity contribution in [3.8, 4) is 0 Å². The molecule has 1 fully saturated rings. The van der Waals surface area contributed by atoms with Crippen LogP contribution in [0.3, 0.4) is 0 Å². The molecule has 0 aliphatic carbocycles. The van der Waals surface area contributed by atoms with Crippen LogP contribution in [0.4, 0.5) is 5.69 Å². The molecule has 0 bridgehead atoms. The van der Waals surface area contributed by atoms with E-state index in [0.717, 1.165) is 13.2 Å². The molecule has 0 aromatic heterocycles. The van der Waals surface area contributed by atoms with Crippen LogP contribution in [0.1, 0.15) is 17.5 Å². The summed E-state index contributed by atoms with van der Waals surface area (Å²) in [6.45, 7) is 7.60. The van der Waals surface area contributed by atoms with Gasteiger partial charge < -0.3 is 9.64 Å². The molecule has 16 heavy (non-hydrogen) atoms. The van der Waals surface area contributed by atoms with Crippen molar-refractivity contribution in [3.63, 3.8) is 0 Å². The summed E-state index contributed by atoms with van der Waals surface area (Å²) in [5.74, 6) is 0.698. The predicted molar refractivity (Wildman–Crippen MR) is 68.1 cm³/mol. The maximum Gasteiger partial charge on any atom is 0.0508 e. The predicted octanol–water partition coefficient (Wildman–Crippen LogP) is 2.78. The summed E-state index contributed by atoms with van der Waals surface area (Å²) in [4.78, 5) is 2.51. The van der Waals surface area contributed by atoms with Crippen LogP contribution in [-0.4, -0.2) is 26.8 Å². The third-order valence-electron chi connectivity index (χ3n) is 3.44. The molecule has 0 N–H and O–H groups in total. The van der Waals surface area contributed by atoms with Crippen LogP contribution in [0.25, 0.3) is 0 Å². The van der Waals surface area contributed by atoms with Gasteiger partial charge >= 0.3 is 0 Å².